The Kier molecular flexibility index (Phi) is 5.59. The lowest BCUT2D eigenvalue weighted by Gasteiger charge is -2.25. The van der Waals surface area contributed by atoms with Crippen LogP contribution < -0.4 is 5.32 Å². The molecule has 1 aliphatic rings. The van der Waals surface area contributed by atoms with E-state index in [9.17, 15) is 0 Å². The third-order valence-electron chi connectivity index (χ3n) is 3.36. The Morgan fingerprint density at radius 2 is 1.67 bits per heavy atom. The van der Waals surface area contributed by atoms with Gasteiger partial charge in [-0.15, -0.1) is 0 Å². The second-order valence-electron chi connectivity index (χ2n) is 5.53. The summed E-state index contributed by atoms with van der Waals surface area (Å²) in [4.78, 5) is 1.08. The molecule has 0 aliphatic carbocycles. The maximum absolute atomic E-state index is 5.27. The van der Waals surface area contributed by atoms with Crippen LogP contribution in [0, 0.1) is 5.41 Å². The first-order valence-electron chi connectivity index (χ1n) is 6.37. The van der Waals surface area contributed by atoms with Gasteiger partial charge in [-0.25, -0.2) is 0 Å². The van der Waals surface area contributed by atoms with Crippen molar-refractivity contribution in [2.45, 2.75) is 65.2 Å². The highest BCUT2D eigenvalue weighted by atomic mass is 32.1. The molecule has 0 aromatic heterocycles. The molecule has 1 fully saturated rings. The highest BCUT2D eigenvalue weighted by molar-refractivity contribution is 7.80. The van der Waals surface area contributed by atoms with Gasteiger partial charge in [0.05, 0.1) is 4.99 Å². The van der Waals surface area contributed by atoms with Gasteiger partial charge in [-0.3, -0.25) is 0 Å². The maximum Gasteiger partial charge on any atom is 0.0753 e. The molecular weight excluding hydrogens is 202 g/mol. The Balaban J connectivity index is 2.33. The van der Waals surface area contributed by atoms with E-state index < -0.39 is 0 Å². The van der Waals surface area contributed by atoms with Crippen LogP contribution in [0.4, 0.5) is 0 Å². The second kappa shape index (κ2) is 6.47. The Morgan fingerprint density at radius 1 is 1.00 bits per heavy atom. The van der Waals surface area contributed by atoms with Gasteiger partial charge in [-0.05, 0) is 37.5 Å². The molecule has 88 valence electrons. The largest absolute Gasteiger partial charge is 0.380 e. The zero-order chi connectivity index (χ0) is 11.1. The fourth-order valence-electron chi connectivity index (χ4n) is 2.24. The van der Waals surface area contributed by atoms with Crippen molar-refractivity contribution in [3.05, 3.63) is 0 Å². The topological polar surface area (TPSA) is 12.0 Å². The molecule has 0 aromatic carbocycles. The van der Waals surface area contributed by atoms with E-state index in [0.717, 1.165) is 18.0 Å². The van der Waals surface area contributed by atoms with Gasteiger partial charge in [0, 0.05) is 6.54 Å². The maximum atomic E-state index is 5.27. The van der Waals surface area contributed by atoms with Crippen molar-refractivity contribution in [1.82, 2.24) is 5.32 Å². The van der Waals surface area contributed by atoms with Crippen molar-refractivity contribution >= 4 is 17.2 Å². The van der Waals surface area contributed by atoms with Gasteiger partial charge >= 0.3 is 0 Å². The van der Waals surface area contributed by atoms with Gasteiger partial charge in [0.2, 0.25) is 0 Å². The molecular formula is C13H25NS. The first-order chi connectivity index (χ1) is 7.10. The van der Waals surface area contributed by atoms with Crippen LogP contribution in [0.1, 0.15) is 65.2 Å². The van der Waals surface area contributed by atoms with Crippen molar-refractivity contribution in [3.8, 4) is 0 Å². The minimum absolute atomic E-state index is 0.555. The summed E-state index contributed by atoms with van der Waals surface area (Å²) in [7, 11) is 0. The first kappa shape index (κ1) is 13.0. The third-order valence-corrected chi connectivity index (χ3v) is 3.71. The molecule has 15 heavy (non-hydrogen) atoms. The van der Waals surface area contributed by atoms with E-state index in [0.29, 0.717) is 5.41 Å². The fraction of sp³-hybridized carbons (Fsp3) is 0.923. The lowest BCUT2D eigenvalue weighted by Crippen LogP contribution is -2.23. The minimum atomic E-state index is 0.555. The molecule has 2 heteroatoms. The summed E-state index contributed by atoms with van der Waals surface area (Å²) >= 11 is 5.27. The second-order valence-corrected chi connectivity index (χ2v) is 6.02. The number of rotatable bonds is 0. The molecule has 1 nitrogen and oxygen atoms in total. The van der Waals surface area contributed by atoms with E-state index in [1.54, 1.807) is 0 Å². The lowest BCUT2D eigenvalue weighted by molar-refractivity contribution is 0.284. The van der Waals surface area contributed by atoms with Crippen LogP contribution in [0.25, 0.3) is 0 Å². The molecule has 0 bridgehead atoms. The smallest absolute Gasteiger partial charge is 0.0753 e. The zero-order valence-electron chi connectivity index (χ0n) is 10.3. The Bertz CT molecular complexity index is 181. The number of thiocarbonyl (C=S) groups is 1. The Labute approximate surface area is 100 Å². The summed E-state index contributed by atoms with van der Waals surface area (Å²) in [6.07, 6.45) is 10.4. The lowest BCUT2D eigenvalue weighted by atomic mass is 9.82. The molecule has 0 spiro atoms. The van der Waals surface area contributed by atoms with Crippen molar-refractivity contribution in [2.75, 3.05) is 6.54 Å². The quantitative estimate of drug-likeness (QED) is 0.626. The standard InChI is InChI=1S/C13H25NS/c1-13(2)9-5-3-4-8-12(15)14-11-7-6-10-13/h3-11H2,1-2H3,(H,14,15). The molecule has 0 amide bonds. The van der Waals surface area contributed by atoms with E-state index in [1.165, 1.54) is 44.9 Å². The third kappa shape index (κ3) is 6.14. The number of hydrogen-bond acceptors (Lipinski definition) is 1. The van der Waals surface area contributed by atoms with Crippen molar-refractivity contribution in [1.29, 1.82) is 0 Å². The summed E-state index contributed by atoms with van der Waals surface area (Å²) < 4.78 is 0. The molecule has 0 aromatic rings. The average molecular weight is 227 g/mol. The van der Waals surface area contributed by atoms with Crippen LogP contribution in [0.3, 0.4) is 0 Å². The monoisotopic (exact) mass is 227 g/mol. The zero-order valence-corrected chi connectivity index (χ0v) is 11.1. The van der Waals surface area contributed by atoms with Gasteiger partial charge < -0.3 is 5.32 Å². The Morgan fingerprint density at radius 3 is 2.40 bits per heavy atom. The van der Waals surface area contributed by atoms with E-state index in [2.05, 4.69) is 19.2 Å². The average Bonchev–Trinajstić information content (AvgIpc) is 2.14. The molecule has 1 rings (SSSR count). The van der Waals surface area contributed by atoms with E-state index in [4.69, 9.17) is 12.2 Å². The summed E-state index contributed by atoms with van der Waals surface area (Å²) in [5.41, 5.74) is 0.555. The minimum Gasteiger partial charge on any atom is -0.380 e. The van der Waals surface area contributed by atoms with Crippen molar-refractivity contribution in [2.24, 2.45) is 5.41 Å². The van der Waals surface area contributed by atoms with E-state index in [1.807, 2.05) is 0 Å². The van der Waals surface area contributed by atoms with E-state index >= 15 is 0 Å². The summed E-state index contributed by atoms with van der Waals surface area (Å²) in [6.45, 7) is 5.91. The summed E-state index contributed by atoms with van der Waals surface area (Å²) in [5.74, 6) is 0. The Hall–Kier alpha value is -0.110. The highest BCUT2D eigenvalue weighted by Crippen LogP contribution is 2.30. The van der Waals surface area contributed by atoms with Crippen LogP contribution in [-0.2, 0) is 0 Å². The van der Waals surface area contributed by atoms with Crippen LogP contribution in [0.15, 0.2) is 0 Å². The molecule has 0 saturated carbocycles. The van der Waals surface area contributed by atoms with Crippen molar-refractivity contribution in [3.63, 3.8) is 0 Å². The molecule has 1 N–H and O–H groups in total. The molecule has 1 saturated heterocycles. The summed E-state index contributed by atoms with van der Waals surface area (Å²) in [6, 6.07) is 0. The predicted octanol–water partition coefficient (Wildman–Crippen LogP) is 4.06. The number of nitrogens with one attached hydrogen (secondary N) is 1. The molecule has 0 atom stereocenters. The number of hydrogen-bond donors (Lipinski definition) is 1. The predicted molar refractivity (Wildman–Crippen MR) is 71.3 cm³/mol. The molecule has 1 heterocycles. The van der Waals surface area contributed by atoms with Crippen molar-refractivity contribution < 1.29 is 0 Å². The van der Waals surface area contributed by atoms with Gasteiger partial charge in [0.1, 0.15) is 0 Å². The van der Waals surface area contributed by atoms with Gasteiger partial charge in [-0.2, -0.15) is 0 Å². The fourth-order valence-corrected chi connectivity index (χ4v) is 2.48. The molecule has 0 radical (unpaired) electrons. The molecule has 1 aliphatic heterocycles. The van der Waals surface area contributed by atoms with Crippen LogP contribution >= 0.6 is 12.2 Å². The van der Waals surface area contributed by atoms with Crippen LogP contribution in [-0.4, -0.2) is 11.5 Å². The van der Waals surface area contributed by atoms with Crippen LogP contribution in [0.2, 0.25) is 0 Å². The normalized spacial score (nSPS) is 24.8. The SMILES string of the molecule is CC1(C)CCCCCC(=S)NCCCC1. The first-order valence-corrected chi connectivity index (χ1v) is 6.78. The van der Waals surface area contributed by atoms with E-state index in [-0.39, 0.29) is 0 Å². The van der Waals surface area contributed by atoms with Gasteiger partial charge in [0.25, 0.3) is 0 Å². The van der Waals surface area contributed by atoms with Crippen LogP contribution in [0.5, 0.6) is 0 Å². The highest BCUT2D eigenvalue weighted by Gasteiger charge is 2.16. The van der Waals surface area contributed by atoms with Gasteiger partial charge in [0.15, 0.2) is 0 Å². The van der Waals surface area contributed by atoms with Gasteiger partial charge in [-0.1, -0.05) is 45.3 Å². The molecule has 0 unspecified atom stereocenters. The summed E-state index contributed by atoms with van der Waals surface area (Å²) in [5, 5.41) is 3.36.